The quantitative estimate of drug-likeness (QED) is 0.658. The lowest BCUT2D eigenvalue weighted by Gasteiger charge is -2.26. The van der Waals surface area contributed by atoms with E-state index < -0.39 is 16.0 Å². The minimum Gasteiger partial charge on any atom is -0.460 e. The molecule has 0 aromatic carbocycles. The first kappa shape index (κ1) is 16.9. The van der Waals surface area contributed by atoms with E-state index in [0.29, 0.717) is 6.54 Å². The van der Waals surface area contributed by atoms with Crippen molar-refractivity contribution in [3.63, 3.8) is 0 Å². The molecule has 1 fully saturated rings. The molecule has 0 spiro atoms. The highest BCUT2D eigenvalue weighted by atomic mass is 32.2. The van der Waals surface area contributed by atoms with E-state index in [2.05, 4.69) is 14.9 Å². The first-order chi connectivity index (χ1) is 10.5. The Hall–Kier alpha value is -1.42. The number of hydrogen-bond acceptors (Lipinski definition) is 7. The Labute approximate surface area is 129 Å². The van der Waals surface area contributed by atoms with E-state index in [1.165, 1.54) is 12.1 Å². The molecule has 1 aliphatic rings. The predicted molar refractivity (Wildman–Crippen MR) is 79.2 cm³/mol. The van der Waals surface area contributed by atoms with Crippen LogP contribution in [0.1, 0.15) is 17.5 Å². The van der Waals surface area contributed by atoms with Crippen LogP contribution in [-0.4, -0.2) is 65.2 Å². The van der Waals surface area contributed by atoms with E-state index in [-0.39, 0.29) is 24.0 Å². The Morgan fingerprint density at radius 1 is 1.41 bits per heavy atom. The average molecular weight is 331 g/mol. The van der Waals surface area contributed by atoms with Gasteiger partial charge in [-0.1, -0.05) is 0 Å². The monoisotopic (exact) mass is 331 g/mol. The molecule has 8 nitrogen and oxygen atoms in total. The zero-order valence-corrected chi connectivity index (χ0v) is 13.3. The minimum atomic E-state index is -3.76. The summed E-state index contributed by atoms with van der Waals surface area (Å²) in [5.74, 6) is -0.797. The third-order valence-corrected chi connectivity index (χ3v) is 4.59. The lowest BCUT2D eigenvalue weighted by molar-refractivity contribution is 0.0484. The van der Waals surface area contributed by atoms with E-state index in [0.717, 1.165) is 26.2 Å². The van der Waals surface area contributed by atoms with E-state index in [1.807, 2.05) is 0 Å². The Morgan fingerprint density at radius 3 is 2.82 bits per heavy atom. The van der Waals surface area contributed by atoms with Gasteiger partial charge in [-0.2, -0.15) is 0 Å². The van der Waals surface area contributed by atoms with Crippen LogP contribution in [0.2, 0.25) is 0 Å². The van der Waals surface area contributed by atoms with Crippen LogP contribution in [-0.2, 0) is 14.8 Å². The second-order valence-corrected chi connectivity index (χ2v) is 6.53. The van der Waals surface area contributed by atoms with Crippen LogP contribution in [0.15, 0.2) is 21.6 Å². The minimum absolute atomic E-state index is 0.121. The summed E-state index contributed by atoms with van der Waals surface area (Å²) in [6, 6.07) is 2.54. The fourth-order valence-corrected chi connectivity index (χ4v) is 3.07. The van der Waals surface area contributed by atoms with Crippen molar-refractivity contribution in [2.75, 3.05) is 45.9 Å². The topological polar surface area (TPSA) is 101 Å². The third-order valence-electron chi connectivity index (χ3n) is 3.25. The Balaban J connectivity index is 1.88. The molecule has 1 aromatic heterocycles. The van der Waals surface area contributed by atoms with Crippen LogP contribution in [0.4, 0.5) is 0 Å². The Morgan fingerprint density at radius 2 is 2.14 bits per heavy atom. The molecular formula is C13H21N3O5S. The molecule has 2 N–H and O–H groups in total. The largest absolute Gasteiger partial charge is 0.460 e. The van der Waals surface area contributed by atoms with Crippen LogP contribution < -0.4 is 10.0 Å². The molecule has 0 radical (unpaired) electrons. The van der Waals surface area contributed by atoms with Crippen molar-refractivity contribution in [2.45, 2.75) is 12.0 Å². The SMILES string of the molecule is CCOC(=O)c1ccc(S(=O)(=O)NCCN2CCNCC2)o1. The zero-order chi connectivity index (χ0) is 16.0. The van der Waals surface area contributed by atoms with Gasteiger partial charge in [0.15, 0.2) is 0 Å². The summed E-state index contributed by atoms with van der Waals surface area (Å²) in [4.78, 5) is 13.6. The van der Waals surface area contributed by atoms with Crippen LogP contribution in [0.25, 0.3) is 0 Å². The first-order valence-electron chi connectivity index (χ1n) is 7.22. The van der Waals surface area contributed by atoms with Gasteiger partial charge in [0, 0.05) is 39.3 Å². The van der Waals surface area contributed by atoms with Crippen molar-refractivity contribution in [1.29, 1.82) is 0 Å². The summed E-state index contributed by atoms with van der Waals surface area (Å²) in [7, 11) is -3.76. The van der Waals surface area contributed by atoms with Crippen LogP contribution in [0.5, 0.6) is 0 Å². The van der Waals surface area contributed by atoms with Gasteiger partial charge in [-0.3, -0.25) is 4.90 Å². The number of rotatable bonds is 7. The van der Waals surface area contributed by atoms with E-state index in [9.17, 15) is 13.2 Å². The molecule has 0 aliphatic carbocycles. The maximum atomic E-state index is 12.1. The van der Waals surface area contributed by atoms with Crippen molar-refractivity contribution >= 4 is 16.0 Å². The summed E-state index contributed by atoms with van der Waals surface area (Å²) in [5, 5.41) is 2.95. The number of carbonyl (C=O) groups excluding carboxylic acids is 1. The highest BCUT2D eigenvalue weighted by Gasteiger charge is 2.21. The fourth-order valence-electron chi connectivity index (χ4n) is 2.12. The van der Waals surface area contributed by atoms with Gasteiger partial charge in [-0.05, 0) is 19.1 Å². The number of nitrogens with zero attached hydrogens (tertiary/aromatic N) is 1. The highest BCUT2D eigenvalue weighted by molar-refractivity contribution is 7.89. The number of carbonyl (C=O) groups is 1. The predicted octanol–water partition coefficient (Wildman–Crippen LogP) is -0.360. The van der Waals surface area contributed by atoms with Gasteiger partial charge in [0.2, 0.25) is 10.9 Å². The first-order valence-corrected chi connectivity index (χ1v) is 8.71. The molecule has 0 unspecified atom stereocenters. The van der Waals surface area contributed by atoms with E-state index >= 15 is 0 Å². The smallest absolute Gasteiger partial charge is 0.374 e. The summed E-state index contributed by atoms with van der Waals surface area (Å²) >= 11 is 0. The van der Waals surface area contributed by atoms with Crippen molar-refractivity contribution in [2.24, 2.45) is 0 Å². The standard InChI is InChI=1S/C13H21N3O5S/c1-2-20-13(17)11-3-4-12(21-11)22(18,19)15-7-10-16-8-5-14-6-9-16/h3-4,14-15H,2,5-10H2,1H3. The summed E-state index contributed by atoms with van der Waals surface area (Å²) in [6.07, 6.45) is 0. The number of hydrogen-bond donors (Lipinski definition) is 2. The van der Waals surface area contributed by atoms with Gasteiger partial charge in [-0.25, -0.2) is 17.9 Å². The second kappa shape index (κ2) is 7.73. The fraction of sp³-hybridized carbons (Fsp3) is 0.615. The maximum absolute atomic E-state index is 12.1. The molecule has 1 saturated heterocycles. The number of furan rings is 1. The lowest BCUT2D eigenvalue weighted by Crippen LogP contribution is -2.46. The molecule has 22 heavy (non-hydrogen) atoms. The van der Waals surface area contributed by atoms with Gasteiger partial charge >= 0.3 is 5.97 Å². The molecule has 1 aliphatic heterocycles. The molecule has 0 atom stereocenters. The molecule has 0 saturated carbocycles. The van der Waals surface area contributed by atoms with E-state index in [1.54, 1.807) is 6.92 Å². The van der Waals surface area contributed by atoms with Gasteiger partial charge in [0.1, 0.15) is 0 Å². The van der Waals surface area contributed by atoms with Crippen molar-refractivity contribution in [1.82, 2.24) is 14.9 Å². The molecule has 124 valence electrons. The summed E-state index contributed by atoms with van der Waals surface area (Å²) in [6.45, 7) is 6.40. The van der Waals surface area contributed by atoms with Gasteiger partial charge in [0.05, 0.1) is 6.61 Å². The number of nitrogens with one attached hydrogen (secondary N) is 2. The third kappa shape index (κ3) is 4.54. The van der Waals surface area contributed by atoms with Crippen LogP contribution in [0, 0.1) is 0 Å². The Bertz CT molecular complexity index is 593. The number of esters is 1. The van der Waals surface area contributed by atoms with Crippen molar-refractivity contribution in [3.8, 4) is 0 Å². The van der Waals surface area contributed by atoms with Crippen LogP contribution in [0.3, 0.4) is 0 Å². The van der Waals surface area contributed by atoms with Gasteiger partial charge in [0.25, 0.3) is 10.0 Å². The number of ether oxygens (including phenoxy) is 1. The molecule has 1 aromatic rings. The lowest BCUT2D eigenvalue weighted by atomic mass is 10.3. The average Bonchev–Trinajstić information content (AvgIpc) is 2.99. The van der Waals surface area contributed by atoms with Gasteiger partial charge in [-0.15, -0.1) is 0 Å². The van der Waals surface area contributed by atoms with Gasteiger partial charge < -0.3 is 14.5 Å². The molecule has 0 amide bonds. The van der Waals surface area contributed by atoms with Crippen molar-refractivity contribution < 1.29 is 22.4 Å². The maximum Gasteiger partial charge on any atom is 0.374 e. The normalized spacial score (nSPS) is 16.6. The highest BCUT2D eigenvalue weighted by Crippen LogP contribution is 2.14. The molecule has 2 rings (SSSR count). The molecule has 9 heteroatoms. The zero-order valence-electron chi connectivity index (χ0n) is 12.5. The van der Waals surface area contributed by atoms with Crippen LogP contribution >= 0.6 is 0 Å². The second-order valence-electron chi connectivity index (χ2n) is 4.83. The summed E-state index contributed by atoms with van der Waals surface area (Å²) in [5.41, 5.74) is 0. The number of piperazine rings is 1. The number of sulfonamides is 1. The van der Waals surface area contributed by atoms with E-state index in [4.69, 9.17) is 9.15 Å². The summed E-state index contributed by atoms with van der Waals surface area (Å²) < 4.78 is 36.4. The molecular weight excluding hydrogens is 310 g/mol. The van der Waals surface area contributed by atoms with Crippen molar-refractivity contribution in [3.05, 3.63) is 17.9 Å². The molecule has 0 bridgehead atoms. The Kier molecular flexibility index (Phi) is 5.95. The molecule has 2 heterocycles.